The Balaban J connectivity index is 1.73. The van der Waals surface area contributed by atoms with E-state index < -0.39 is 11.8 Å². The second-order valence-electron chi connectivity index (χ2n) is 4.25. The number of nitrogens with one attached hydrogen (secondary N) is 2. The minimum atomic E-state index is -0.482. The highest BCUT2D eigenvalue weighted by Gasteiger charge is 2.06. The van der Waals surface area contributed by atoms with Gasteiger partial charge in [0.15, 0.2) is 6.61 Å². The molecule has 5 nitrogen and oxygen atoms in total. The summed E-state index contributed by atoms with van der Waals surface area (Å²) in [5.41, 5.74) is 4.53. The van der Waals surface area contributed by atoms with Crippen molar-refractivity contribution in [3.63, 3.8) is 0 Å². The highest BCUT2D eigenvalue weighted by Crippen LogP contribution is 2.27. The Morgan fingerprint density at radius 2 is 2.13 bits per heavy atom. The molecule has 0 fully saturated rings. The molecule has 0 radical (unpaired) electrons. The Bertz CT molecular complexity index is 720. The van der Waals surface area contributed by atoms with E-state index >= 15 is 0 Å². The van der Waals surface area contributed by atoms with Crippen LogP contribution in [0.3, 0.4) is 0 Å². The summed E-state index contributed by atoms with van der Waals surface area (Å²) in [6.07, 6.45) is 3.00. The molecule has 8 heteroatoms. The van der Waals surface area contributed by atoms with E-state index in [1.54, 1.807) is 24.3 Å². The molecule has 0 aliphatic rings. The van der Waals surface area contributed by atoms with Gasteiger partial charge in [0, 0.05) is 16.0 Å². The van der Waals surface area contributed by atoms with E-state index in [1.165, 1.54) is 17.4 Å². The van der Waals surface area contributed by atoms with Crippen LogP contribution in [0, 0.1) is 0 Å². The smallest absolute Gasteiger partial charge is 0.276 e. The fraction of sp³-hybridized carbons (Fsp3) is 0.0667. The van der Waals surface area contributed by atoms with Crippen LogP contribution in [-0.2, 0) is 9.59 Å². The van der Waals surface area contributed by atoms with E-state index in [-0.39, 0.29) is 6.61 Å². The second-order valence-corrected chi connectivity index (χ2v) is 6.52. The summed E-state index contributed by atoms with van der Waals surface area (Å²) in [4.78, 5) is 24.1. The highest BCUT2D eigenvalue weighted by molar-refractivity contribution is 9.10. The summed E-state index contributed by atoms with van der Waals surface area (Å²) < 4.78 is 5.96. The number of halogens is 2. The van der Waals surface area contributed by atoms with E-state index in [2.05, 4.69) is 26.8 Å². The Morgan fingerprint density at radius 3 is 2.83 bits per heavy atom. The molecule has 0 atom stereocenters. The van der Waals surface area contributed by atoms with Crippen LogP contribution in [0.2, 0.25) is 5.02 Å². The molecule has 0 saturated heterocycles. The highest BCUT2D eigenvalue weighted by atomic mass is 79.9. The maximum absolute atomic E-state index is 11.6. The standard InChI is InChI=1S/C15H12BrClN2O3S/c16-12-8-10(17)3-5-13(12)22-9-15(21)19-18-14(20)6-4-11-2-1-7-23-11/h1-8H,9H2,(H,18,20)(H,19,21). The number of thiophene rings is 1. The lowest BCUT2D eigenvalue weighted by molar-refractivity contribution is -0.128. The first-order chi connectivity index (χ1) is 11.0. The van der Waals surface area contributed by atoms with Crippen molar-refractivity contribution in [2.24, 2.45) is 0 Å². The van der Waals surface area contributed by atoms with Crippen LogP contribution >= 0.6 is 38.9 Å². The summed E-state index contributed by atoms with van der Waals surface area (Å²) >= 11 is 10.6. The number of rotatable bonds is 5. The maximum Gasteiger partial charge on any atom is 0.276 e. The van der Waals surface area contributed by atoms with Crippen LogP contribution in [-0.4, -0.2) is 18.4 Å². The fourth-order valence-corrected chi connectivity index (χ4v) is 2.90. The van der Waals surface area contributed by atoms with E-state index in [4.69, 9.17) is 16.3 Å². The summed E-state index contributed by atoms with van der Waals surface area (Å²) in [5, 5.41) is 2.46. The summed E-state index contributed by atoms with van der Waals surface area (Å²) in [6.45, 7) is -0.241. The molecule has 0 spiro atoms. The number of hydrazine groups is 1. The van der Waals surface area contributed by atoms with Crippen LogP contribution in [0.5, 0.6) is 5.75 Å². The molecule has 1 aromatic heterocycles. The quantitative estimate of drug-likeness (QED) is 0.581. The Hall–Kier alpha value is -1.83. The predicted octanol–water partition coefficient (Wildman–Crippen LogP) is 3.40. The zero-order valence-electron chi connectivity index (χ0n) is 11.7. The van der Waals surface area contributed by atoms with Crippen LogP contribution in [0.15, 0.2) is 46.3 Å². The fourth-order valence-electron chi connectivity index (χ4n) is 1.49. The van der Waals surface area contributed by atoms with E-state index in [0.29, 0.717) is 15.2 Å². The average Bonchev–Trinajstić information content (AvgIpc) is 3.03. The van der Waals surface area contributed by atoms with Crippen LogP contribution < -0.4 is 15.6 Å². The topological polar surface area (TPSA) is 67.4 Å². The van der Waals surface area contributed by atoms with Gasteiger partial charge >= 0.3 is 0 Å². The van der Waals surface area contributed by atoms with Gasteiger partial charge in [0.1, 0.15) is 5.75 Å². The number of ether oxygens (including phenoxy) is 1. The van der Waals surface area contributed by atoms with Crippen molar-refractivity contribution in [3.8, 4) is 5.75 Å². The monoisotopic (exact) mass is 414 g/mol. The molecule has 0 saturated carbocycles. The van der Waals surface area contributed by atoms with Crippen molar-refractivity contribution < 1.29 is 14.3 Å². The summed E-state index contributed by atoms with van der Waals surface area (Å²) in [5.74, 6) is -0.433. The third kappa shape index (κ3) is 6.05. The first-order valence-electron chi connectivity index (χ1n) is 6.43. The van der Waals surface area contributed by atoms with Gasteiger partial charge in [-0.2, -0.15) is 0 Å². The van der Waals surface area contributed by atoms with Crippen molar-refractivity contribution in [2.45, 2.75) is 0 Å². The number of carbonyl (C=O) groups excluding carboxylic acids is 2. The molecule has 0 aliphatic heterocycles. The minimum Gasteiger partial charge on any atom is -0.483 e. The molecule has 0 bridgehead atoms. The molecule has 2 aromatic rings. The SMILES string of the molecule is O=C(C=Cc1cccs1)NNC(=O)COc1ccc(Cl)cc1Br. The van der Waals surface area contributed by atoms with Gasteiger partial charge in [0.2, 0.25) is 0 Å². The number of hydrogen-bond acceptors (Lipinski definition) is 4. The molecule has 0 aliphatic carbocycles. The van der Waals surface area contributed by atoms with Gasteiger partial charge in [0.05, 0.1) is 4.47 Å². The largest absolute Gasteiger partial charge is 0.483 e. The minimum absolute atomic E-state index is 0.241. The van der Waals surface area contributed by atoms with Gasteiger partial charge in [-0.05, 0) is 51.7 Å². The number of hydrogen-bond donors (Lipinski definition) is 2. The van der Waals surface area contributed by atoms with Crippen LogP contribution in [0.4, 0.5) is 0 Å². The molecule has 1 aromatic carbocycles. The summed E-state index contributed by atoms with van der Waals surface area (Å²) in [6, 6.07) is 8.71. The lowest BCUT2D eigenvalue weighted by atomic mass is 10.3. The van der Waals surface area contributed by atoms with E-state index in [0.717, 1.165) is 4.88 Å². The van der Waals surface area contributed by atoms with Gasteiger partial charge < -0.3 is 4.74 Å². The number of benzene rings is 1. The lowest BCUT2D eigenvalue weighted by Crippen LogP contribution is -2.43. The Morgan fingerprint density at radius 1 is 1.30 bits per heavy atom. The maximum atomic E-state index is 11.6. The first kappa shape index (κ1) is 17.5. The zero-order valence-corrected chi connectivity index (χ0v) is 14.9. The average molecular weight is 416 g/mol. The van der Waals surface area contributed by atoms with Gasteiger partial charge in [-0.15, -0.1) is 11.3 Å². The molecular formula is C15H12BrClN2O3S. The molecule has 120 valence electrons. The van der Waals surface area contributed by atoms with Crippen molar-refractivity contribution in [1.29, 1.82) is 0 Å². The normalized spacial score (nSPS) is 10.5. The van der Waals surface area contributed by atoms with Crippen molar-refractivity contribution in [3.05, 3.63) is 56.2 Å². The van der Waals surface area contributed by atoms with Gasteiger partial charge in [0.25, 0.3) is 11.8 Å². The third-order valence-electron chi connectivity index (χ3n) is 2.52. The van der Waals surface area contributed by atoms with E-state index in [9.17, 15) is 9.59 Å². The molecule has 2 rings (SSSR count). The van der Waals surface area contributed by atoms with Crippen LogP contribution in [0.1, 0.15) is 4.88 Å². The van der Waals surface area contributed by atoms with Gasteiger partial charge in [-0.1, -0.05) is 17.7 Å². The van der Waals surface area contributed by atoms with Crippen molar-refractivity contribution >= 4 is 56.8 Å². The number of carbonyl (C=O) groups is 2. The van der Waals surface area contributed by atoms with Crippen molar-refractivity contribution in [2.75, 3.05) is 6.61 Å². The Labute approximate surface area is 150 Å². The molecule has 23 heavy (non-hydrogen) atoms. The van der Waals surface area contributed by atoms with Gasteiger partial charge in [-0.3, -0.25) is 20.4 Å². The Kier molecular flexibility index (Phi) is 6.64. The summed E-state index contributed by atoms with van der Waals surface area (Å²) in [7, 11) is 0. The number of amides is 2. The zero-order chi connectivity index (χ0) is 16.7. The van der Waals surface area contributed by atoms with Gasteiger partial charge in [-0.25, -0.2) is 0 Å². The van der Waals surface area contributed by atoms with Crippen LogP contribution in [0.25, 0.3) is 6.08 Å². The molecule has 2 amide bonds. The second kappa shape index (κ2) is 8.71. The predicted molar refractivity (Wildman–Crippen MR) is 94.3 cm³/mol. The molecule has 1 heterocycles. The first-order valence-corrected chi connectivity index (χ1v) is 8.48. The molecule has 0 unspecified atom stereocenters. The lowest BCUT2D eigenvalue weighted by Gasteiger charge is -2.09. The third-order valence-corrected chi connectivity index (χ3v) is 4.21. The molecular weight excluding hydrogens is 404 g/mol. The van der Waals surface area contributed by atoms with Crippen molar-refractivity contribution in [1.82, 2.24) is 10.9 Å². The van der Waals surface area contributed by atoms with E-state index in [1.807, 2.05) is 17.5 Å². The molecule has 2 N–H and O–H groups in total.